The normalized spacial score (nSPS) is 15.9. The van der Waals surface area contributed by atoms with E-state index >= 15 is 0 Å². The van der Waals surface area contributed by atoms with E-state index in [1.807, 2.05) is 27.7 Å². The van der Waals surface area contributed by atoms with Crippen molar-refractivity contribution in [2.75, 3.05) is 0 Å². The summed E-state index contributed by atoms with van der Waals surface area (Å²) < 4.78 is 0. The van der Waals surface area contributed by atoms with Crippen molar-refractivity contribution in [3.05, 3.63) is 11.1 Å². The lowest BCUT2D eigenvalue weighted by Crippen LogP contribution is -2.20. The Morgan fingerprint density at radius 3 is 1.83 bits per heavy atom. The molecule has 0 spiro atoms. The van der Waals surface area contributed by atoms with Crippen molar-refractivity contribution in [2.24, 2.45) is 11.7 Å². The molecule has 2 nitrogen and oxygen atoms in total. The highest BCUT2D eigenvalue weighted by molar-refractivity contribution is 6.67. The molecule has 0 aliphatic heterocycles. The molecule has 0 heterocycles. The number of hydrogen-bond acceptors (Lipinski definition) is 2. The zero-order valence-electron chi connectivity index (χ0n) is 8.02. The molecule has 12 heavy (non-hydrogen) atoms. The quantitative estimate of drug-likeness (QED) is 0.546. The van der Waals surface area contributed by atoms with E-state index in [1.54, 1.807) is 0 Å². The number of halogens is 1. The van der Waals surface area contributed by atoms with E-state index in [1.165, 1.54) is 0 Å². The second-order valence-corrected chi connectivity index (χ2v) is 3.66. The molecule has 0 aliphatic rings. The second kappa shape index (κ2) is 4.63. The van der Waals surface area contributed by atoms with E-state index in [2.05, 4.69) is 0 Å². The molecule has 0 fully saturated rings. The van der Waals surface area contributed by atoms with Crippen molar-refractivity contribution in [1.82, 2.24) is 0 Å². The summed E-state index contributed by atoms with van der Waals surface area (Å²) in [6.45, 7) is 7.56. The van der Waals surface area contributed by atoms with E-state index in [0.29, 0.717) is 5.57 Å². The largest absolute Gasteiger partial charge is 0.324 e. The minimum atomic E-state index is -0.389. The maximum absolute atomic E-state index is 11.0. The molecule has 70 valence electrons. The number of nitrogens with two attached hydrogens (primary N) is 1. The zero-order chi connectivity index (χ0) is 9.89. The second-order valence-electron chi connectivity index (χ2n) is 3.31. The van der Waals surface area contributed by atoms with E-state index in [4.69, 9.17) is 17.3 Å². The minimum absolute atomic E-state index is 0.106. The summed E-state index contributed by atoms with van der Waals surface area (Å²) in [5, 5.41) is -0.389. The van der Waals surface area contributed by atoms with Gasteiger partial charge in [-0.15, -0.1) is 0 Å². The molecule has 1 unspecified atom stereocenters. The van der Waals surface area contributed by atoms with Crippen molar-refractivity contribution in [3.63, 3.8) is 0 Å². The van der Waals surface area contributed by atoms with Crippen LogP contribution in [0.2, 0.25) is 0 Å². The first-order chi connectivity index (χ1) is 5.37. The predicted octanol–water partition coefficient (Wildman–Crippen LogP) is 2.07. The van der Waals surface area contributed by atoms with E-state index in [9.17, 15) is 4.79 Å². The fraction of sp³-hybridized carbons (Fsp3) is 0.667. The maximum Gasteiger partial charge on any atom is 0.248 e. The highest BCUT2D eigenvalue weighted by atomic mass is 35.5. The van der Waals surface area contributed by atoms with Crippen LogP contribution in [0.4, 0.5) is 0 Å². The van der Waals surface area contributed by atoms with Crippen molar-refractivity contribution in [3.8, 4) is 0 Å². The molecule has 0 aromatic rings. The third kappa shape index (κ3) is 2.95. The Balaban J connectivity index is 4.94. The van der Waals surface area contributed by atoms with Gasteiger partial charge in [-0.3, -0.25) is 4.79 Å². The standard InChI is InChI=1S/C9H16ClNO/c1-5(2)8(9(10)12)6(3)7(4)11/h5,7H,11H2,1-4H3/b8-6+. The summed E-state index contributed by atoms with van der Waals surface area (Å²) in [5.74, 6) is 0.140. The Hall–Kier alpha value is -0.340. The Bertz CT molecular complexity index is 207. The van der Waals surface area contributed by atoms with Gasteiger partial charge in [-0.2, -0.15) is 0 Å². The molecule has 0 aliphatic carbocycles. The lowest BCUT2D eigenvalue weighted by Gasteiger charge is -2.14. The zero-order valence-corrected chi connectivity index (χ0v) is 8.77. The molecule has 0 rings (SSSR count). The minimum Gasteiger partial charge on any atom is -0.324 e. The van der Waals surface area contributed by atoms with Gasteiger partial charge in [0.05, 0.1) is 0 Å². The van der Waals surface area contributed by atoms with Gasteiger partial charge in [0, 0.05) is 11.6 Å². The van der Waals surface area contributed by atoms with Crippen molar-refractivity contribution in [1.29, 1.82) is 0 Å². The van der Waals surface area contributed by atoms with Crippen LogP contribution in [-0.2, 0) is 4.79 Å². The predicted molar refractivity (Wildman–Crippen MR) is 52.0 cm³/mol. The van der Waals surface area contributed by atoms with Crippen LogP contribution < -0.4 is 5.73 Å². The maximum atomic E-state index is 11.0. The Labute approximate surface area is 78.8 Å². The van der Waals surface area contributed by atoms with Crippen LogP contribution in [0.3, 0.4) is 0 Å². The Kier molecular flexibility index (Phi) is 4.50. The van der Waals surface area contributed by atoms with Gasteiger partial charge in [-0.25, -0.2) is 0 Å². The molecule has 1 atom stereocenters. The summed E-state index contributed by atoms with van der Waals surface area (Å²) in [5.41, 5.74) is 7.17. The summed E-state index contributed by atoms with van der Waals surface area (Å²) in [7, 11) is 0. The third-order valence-electron chi connectivity index (χ3n) is 1.90. The van der Waals surface area contributed by atoms with Gasteiger partial charge in [0.1, 0.15) is 0 Å². The lowest BCUT2D eigenvalue weighted by molar-refractivity contribution is -0.109. The van der Waals surface area contributed by atoms with Crippen LogP contribution in [0.1, 0.15) is 27.7 Å². The van der Waals surface area contributed by atoms with Crippen LogP contribution in [0.5, 0.6) is 0 Å². The van der Waals surface area contributed by atoms with Gasteiger partial charge < -0.3 is 5.73 Å². The molecule has 0 amide bonds. The number of allylic oxidation sites excluding steroid dienone is 1. The van der Waals surface area contributed by atoms with Crippen LogP contribution >= 0.6 is 11.6 Å². The van der Waals surface area contributed by atoms with Crippen LogP contribution in [0, 0.1) is 5.92 Å². The molecule has 0 radical (unpaired) electrons. The monoisotopic (exact) mass is 189 g/mol. The topological polar surface area (TPSA) is 43.1 Å². The van der Waals surface area contributed by atoms with E-state index in [-0.39, 0.29) is 17.2 Å². The van der Waals surface area contributed by atoms with Gasteiger partial charge in [-0.05, 0) is 36.9 Å². The third-order valence-corrected chi connectivity index (χ3v) is 2.10. The first-order valence-electron chi connectivity index (χ1n) is 4.04. The van der Waals surface area contributed by atoms with Gasteiger partial charge in [0.25, 0.3) is 0 Å². The number of carbonyl (C=O) groups excluding carboxylic acids is 1. The molecule has 2 N–H and O–H groups in total. The van der Waals surface area contributed by atoms with Gasteiger partial charge in [0.2, 0.25) is 5.24 Å². The number of rotatable bonds is 3. The average Bonchev–Trinajstić information content (AvgIpc) is 1.85. The summed E-state index contributed by atoms with van der Waals surface area (Å²) in [6.07, 6.45) is 0. The average molecular weight is 190 g/mol. The Morgan fingerprint density at radius 2 is 1.75 bits per heavy atom. The highest BCUT2D eigenvalue weighted by Crippen LogP contribution is 2.19. The first-order valence-corrected chi connectivity index (χ1v) is 4.41. The molecule has 0 aromatic carbocycles. The summed E-state index contributed by atoms with van der Waals surface area (Å²) in [6, 6.07) is -0.106. The molecule has 0 bridgehead atoms. The van der Waals surface area contributed by atoms with Crippen molar-refractivity contribution < 1.29 is 4.79 Å². The molecular weight excluding hydrogens is 174 g/mol. The molecule has 3 heteroatoms. The van der Waals surface area contributed by atoms with Crippen molar-refractivity contribution in [2.45, 2.75) is 33.7 Å². The fourth-order valence-corrected chi connectivity index (χ4v) is 1.45. The van der Waals surface area contributed by atoms with Crippen LogP contribution in [-0.4, -0.2) is 11.3 Å². The van der Waals surface area contributed by atoms with E-state index in [0.717, 1.165) is 5.57 Å². The van der Waals surface area contributed by atoms with Gasteiger partial charge in [-0.1, -0.05) is 13.8 Å². The lowest BCUT2D eigenvalue weighted by atomic mass is 9.96. The molecular formula is C9H16ClNO. The molecule has 0 saturated carbocycles. The smallest absolute Gasteiger partial charge is 0.248 e. The Morgan fingerprint density at radius 1 is 1.33 bits per heavy atom. The molecule has 0 aromatic heterocycles. The van der Waals surface area contributed by atoms with Gasteiger partial charge >= 0.3 is 0 Å². The highest BCUT2D eigenvalue weighted by Gasteiger charge is 2.15. The van der Waals surface area contributed by atoms with Crippen LogP contribution in [0.25, 0.3) is 0 Å². The first kappa shape index (κ1) is 11.7. The fourth-order valence-electron chi connectivity index (χ4n) is 1.08. The summed E-state index contributed by atoms with van der Waals surface area (Å²) in [4.78, 5) is 11.0. The van der Waals surface area contributed by atoms with E-state index < -0.39 is 0 Å². The van der Waals surface area contributed by atoms with Crippen molar-refractivity contribution >= 4 is 16.8 Å². The van der Waals surface area contributed by atoms with Crippen LogP contribution in [0.15, 0.2) is 11.1 Å². The number of hydrogen-bond donors (Lipinski definition) is 1. The summed E-state index contributed by atoms with van der Waals surface area (Å²) >= 11 is 5.43. The number of carbonyl (C=O) groups is 1. The van der Waals surface area contributed by atoms with Gasteiger partial charge in [0.15, 0.2) is 0 Å². The molecule has 0 saturated heterocycles. The SMILES string of the molecule is C/C(=C(\C(=O)Cl)C(C)C)C(C)N.